The number of benzene rings is 2. The van der Waals surface area contributed by atoms with Crippen LogP contribution in [0.4, 0.5) is 0 Å². The molecule has 0 spiro atoms. The molecule has 1 saturated carbocycles. The molecule has 130 valence electrons. The highest BCUT2D eigenvalue weighted by Crippen LogP contribution is 2.42. The van der Waals surface area contributed by atoms with Gasteiger partial charge in [0.05, 0.1) is 0 Å². The Morgan fingerprint density at radius 1 is 0.960 bits per heavy atom. The molecule has 0 N–H and O–H groups in total. The lowest BCUT2D eigenvalue weighted by molar-refractivity contribution is -0.131. The predicted octanol–water partition coefficient (Wildman–Crippen LogP) is 6.44. The van der Waals surface area contributed by atoms with Gasteiger partial charge in [-0.3, -0.25) is 4.79 Å². The Morgan fingerprint density at radius 3 is 2.08 bits per heavy atom. The minimum absolute atomic E-state index is 0.137. The van der Waals surface area contributed by atoms with Gasteiger partial charge in [-0.15, -0.1) is 0 Å². The van der Waals surface area contributed by atoms with E-state index in [4.69, 9.17) is 0 Å². The van der Waals surface area contributed by atoms with Crippen LogP contribution in [0.3, 0.4) is 0 Å². The highest BCUT2D eigenvalue weighted by molar-refractivity contribution is 5.86. The molecule has 1 heteroatoms. The Morgan fingerprint density at radius 2 is 1.56 bits per heavy atom. The molecule has 2 aromatic rings. The summed E-state index contributed by atoms with van der Waals surface area (Å²) in [6.45, 7) is 2.20. The average Bonchev–Trinajstić information content (AvgIpc) is 2.66. The molecule has 0 aromatic heterocycles. The van der Waals surface area contributed by atoms with Crippen molar-refractivity contribution in [3.63, 3.8) is 0 Å². The first-order chi connectivity index (χ1) is 12.2. The summed E-state index contributed by atoms with van der Waals surface area (Å²) >= 11 is 0. The van der Waals surface area contributed by atoms with Crippen LogP contribution < -0.4 is 0 Å². The van der Waals surface area contributed by atoms with Crippen LogP contribution in [0.1, 0.15) is 63.0 Å². The Hall–Kier alpha value is -2.15. The van der Waals surface area contributed by atoms with Gasteiger partial charge in [-0.25, -0.2) is 0 Å². The molecule has 0 heterocycles. The second-order valence-corrected chi connectivity index (χ2v) is 7.21. The smallest absolute Gasteiger partial charge is 0.139 e. The van der Waals surface area contributed by atoms with Crippen molar-refractivity contribution in [2.45, 2.75) is 51.9 Å². The number of hydrogen-bond donors (Lipinski definition) is 0. The highest BCUT2D eigenvalue weighted by atomic mass is 16.1. The number of Topliss-reactive ketones (excluding diaryl/α,β-unsaturated/α-hetero) is 1. The molecule has 0 radical (unpaired) electrons. The van der Waals surface area contributed by atoms with E-state index < -0.39 is 0 Å². The van der Waals surface area contributed by atoms with Gasteiger partial charge in [0.1, 0.15) is 5.78 Å². The zero-order chi connectivity index (χ0) is 17.5. The van der Waals surface area contributed by atoms with E-state index in [0.29, 0.717) is 5.78 Å². The number of carbonyl (C=O) groups is 1. The van der Waals surface area contributed by atoms with Crippen LogP contribution >= 0.6 is 0 Å². The third-order valence-electron chi connectivity index (χ3n) is 5.50. The minimum atomic E-state index is -0.137. The molecule has 0 amide bonds. The van der Waals surface area contributed by atoms with Crippen LogP contribution in [0.25, 0.3) is 5.57 Å². The largest absolute Gasteiger partial charge is 0.299 e. The Balaban J connectivity index is 1.96. The van der Waals surface area contributed by atoms with Crippen LogP contribution in [-0.4, -0.2) is 5.78 Å². The van der Waals surface area contributed by atoms with E-state index >= 15 is 0 Å². The summed E-state index contributed by atoms with van der Waals surface area (Å²) < 4.78 is 0. The maximum Gasteiger partial charge on any atom is 0.139 e. The summed E-state index contributed by atoms with van der Waals surface area (Å²) in [5.74, 6) is 0.484. The van der Waals surface area contributed by atoms with Crippen molar-refractivity contribution in [1.29, 1.82) is 0 Å². The van der Waals surface area contributed by atoms with Crippen molar-refractivity contribution in [3.8, 4) is 0 Å². The molecule has 1 fully saturated rings. The van der Waals surface area contributed by atoms with E-state index in [2.05, 4.69) is 73.7 Å². The number of allylic oxidation sites excluding steroid dienone is 1. The number of hydrogen-bond acceptors (Lipinski definition) is 1. The molecule has 3 rings (SSSR count). The predicted molar refractivity (Wildman–Crippen MR) is 105 cm³/mol. The lowest BCUT2D eigenvalue weighted by Crippen LogP contribution is -2.33. The van der Waals surface area contributed by atoms with E-state index in [1.807, 2.05) is 0 Å². The molecule has 0 saturated heterocycles. The summed E-state index contributed by atoms with van der Waals surface area (Å²) in [6.07, 6.45) is 9.34. The number of rotatable bonds is 6. The van der Waals surface area contributed by atoms with Gasteiger partial charge >= 0.3 is 0 Å². The van der Waals surface area contributed by atoms with Crippen molar-refractivity contribution in [2.24, 2.45) is 5.41 Å². The monoisotopic (exact) mass is 332 g/mol. The fourth-order valence-electron chi connectivity index (χ4n) is 4.15. The summed E-state index contributed by atoms with van der Waals surface area (Å²) in [7, 11) is 0. The standard InChI is InChI=1S/C24H28O/c1-2-17-24(18-10-9-15-23(24)25)19-16-22(20-11-5-3-6-12-20)21-13-7-4-8-14-21/h3-8,11-14,16H,2,9-10,15,17-19H2,1H3. The fourth-order valence-corrected chi connectivity index (χ4v) is 4.15. The van der Waals surface area contributed by atoms with Gasteiger partial charge in [0, 0.05) is 11.8 Å². The molecule has 25 heavy (non-hydrogen) atoms. The molecule has 1 unspecified atom stereocenters. The summed E-state index contributed by atoms with van der Waals surface area (Å²) in [6, 6.07) is 21.1. The highest BCUT2D eigenvalue weighted by Gasteiger charge is 2.37. The van der Waals surface area contributed by atoms with Crippen LogP contribution in [0.5, 0.6) is 0 Å². The van der Waals surface area contributed by atoms with Gasteiger partial charge in [-0.05, 0) is 42.4 Å². The maximum absolute atomic E-state index is 12.8. The lowest BCUT2D eigenvalue weighted by Gasteiger charge is -2.35. The van der Waals surface area contributed by atoms with E-state index in [1.165, 1.54) is 23.1 Å². The van der Waals surface area contributed by atoms with Crippen molar-refractivity contribution < 1.29 is 4.79 Å². The van der Waals surface area contributed by atoms with Crippen molar-refractivity contribution >= 4 is 11.4 Å². The van der Waals surface area contributed by atoms with Gasteiger partial charge in [-0.1, -0.05) is 86.5 Å². The number of ketones is 1. The molecular weight excluding hydrogens is 304 g/mol. The topological polar surface area (TPSA) is 17.1 Å². The molecule has 0 bridgehead atoms. The van der Waals surface area contributed by atoms with Crippen molar-refractivity contribution in [3.05, 3.63) is 77.9 Å². The van der Waals surface area contributed by atoms with Gasteiger partial charge in [0.25, 0.3) is 0 Å². The third kappa shape index (κ3) is 4.10. The van der Waals surface area contributed by atoms with Gasteiger partial charge in [0.2, 0.25) is 0 Å². The van der Waals surface area contributed by atoms with Crippen molar-refractivity contribution in [2.75, 3.05) is 0 Å². The Kier molecular flexibility index (Phi) is 5.86. The summed E-state index contributed by atoms with van der Waals surface area (Å²) in [5.41, 5.74) is 3.56. The SMILES string of the molecule is CCCC1(CC=C(c2ccccc2)c2ccccc2)CCCCC1=O. The first-order valence-electron chi connectivity index (χ1n) is 9.59. The minimum Gasteiger partial charge on any atom is -0.299 e. The fraction of sp³-hybridized carbons (Fsp3) is 0.375. The zero-order valence-corrected chi connectivity index (χ0v) is 15.2. The van der Waals surface area contributed by atoms with E-state index in [0.717, 1.165) is 38.5 Å². The van der Waals surface area contributed by atoms with Crippen LogP contribution in [-0.2, 0) is 4.79 Å². The first-order valence-corrected chi connectivity index (χ1v) is 9.59. The molecule has 0 aliphatic heterocycles. The van der Waals surface area contributed by atoms with E-state index in [1.54, 1.807) is 0 Å². The van der Waals surface area contributed by atoms with Gasteiger partial charge in [-0.2, -0.15) is 0 Å². The third-order valence-corrected chi connectivity index (χ3v) is 5.50. The quantitative estimate of drug-likeness (QED) is 0.595. The van der Waals surface area contributed by atoms with Crippen LogP contribution in [0, 0.1) is 5.41 Å². The summed E-state index contributed by atoms with van der Waals surface area (Å²) in [4.78, 5) is 12.8. The Labute approximate surface area is 151 Å². The Bertz CT molecular complexity index is 669. The lowest BCUT2D eigenvalue weighted by atomic mass is 9.68. The van der Waals surface area contributed by atoms with Crippen LogP contribution in [0.15, 0.2) is 66.7 Å². The van der Waals surface area contributed by atoms with E-state index in [9.17, 15) is 4.79 Å². The molecule has 1 aliphatic carbocycles. The van der Waals surface area contributed by atoms with Gasteiger partial charge < -0.3 is 0 Å². The molecule has 1 aliphatic rings. The second-order valence-electron chi connectivity index (χ2n) is 7.21. The molecule has 1 atom stereocenters. The van der Waals surface area contributed by atoms with Crippen molar-refractivity contribution in [1.82, 2.24) is 0 Å². The van der Waals surface area contributed by atoms with Crippen LogP contribution in [0.2, 0.25) is 0 Å². The molecule has 2 aromatic carbocycles. The molecular formula is C24H28O. The molecule has 1 nitrogen and oxygen atoms in total. The second kappa shape index (κ2) is 8.29. The first kappa shape index (κ1) is 17.7. The average molecular weight is 332 g/mol. The summed E-state index contributed by atoms with van der Waals surface area (Å²) in [5, 5.41) is 0. The normalized spacial score (nSPS) is 20.3. The number of carbonyl (C=O) groups excluding carboxylic acids is 1. The maximum atomic E-state index is 12.8. The van der Waals surface area contributed by atoms with Gasteiger partial charge in [0.15, 0.2) is 0 Å². The van der Waals surface area contributed by atoms with E-state index in [-0.39, 0.29) is 5.41 Å². The zero-order valence-electron chi connectivity index (χ0n) is 15.2.